The normalized spacial score (nSPS) is 17.4. The first-order valence-corrected chi connectivity index (χ1v) is 7.90. The van der Waals surface area contributed by atoms with E-state index < -0.39 is 0 Å². The minimum Gasteiger partial charge on any atom is -0.374 e. The molecule has 22 heavy (non-hydrogen) atoms. The van der Waals surface area contributed by atoms with Crippen LogP contribution in [0.15, 0.2) is 4.52 Å². The van der Waals surface area contributed by atoms with E-state index in [0.29, 0.717) is 30.6 Å². The number of aromatic nitrogens is 2. The molecular formula is C15H26N4O3. The Labute approximate surface area is 131 Å². The van der Waals surface area contributed by atoms with Gasteiger partial charge in [0.2, 0.25) is 11.8 Å². The molecule has 1 N–H and O–H groups in total. The van der Waals surface area contributed by atoms with E-state index >= 15 is 0 Å². The number of nitrogens with zero attached hydrogens (tertiary/aromatic N) is 3. The number of carbonyl (C=O) groups is 1. The summed E-state index contributed by atoms with van der Waals surface area (Å²) in [5.41, 5.74) is 0. The molecule has 0 aliphatic carbocycles. The van der Waals surface area contributed by atoms with E-state index in [1.165, 1.54) is 12.8 Å². The van der Waals surface area contributed by atoms with Crippen LogP contribution in [0.2, 0.25) is 0 Å². The number of hydrogen-bond acceptors (Lipinski definition) is 6. The highest BCUT2D eigenvalue weighted by Crippen LogP contribution is 2.18. The average molecular weight is 310 g/mol. The smallest absolute Gasteiger partial charge is 0.246 e. The number of amides is 1. The molecule has 1 aliphatic rings. The van der Waals surface area contributed by atoms with Crippen molar-refractivity contribution in [2.75, 3.05) is 27.2 Å². The first-order valence-electron chi connectivity index (χ1n) is 7.90. The first-order chi connectivity index (χ1) is 10.6. The van der Waals surface area contributed by atoms with Gasteiger partial charge in [0, 0.05) is 20.6 Å². The number of piperidine rings is 1. The molecule has 0 radical (unpaired) electrons. The number of methoxy groups -OCH3 is 1. The summed E-state index contributed by atoms with van der Waals surface area (Å²) in [4.78, 5) is 18.1. The molecule has 2 rings (SSSR count). The van der Waals surface area contributed by atoms with Gasteiger partial charge in [-0.2, -0.15) is 4.98 Å². The Morgan fingerprint density at radius 3 is 2.91 bits per heavy atom. The Hall–Kier alpha value is -1.47. The standard InChI is InChI=1S/C15H26N4O3/c1-11(21-3)15-17-13(22-18-15)10-19(2)14(20)5-4-12-6-8-16-9-7-12/h11-12,16H,4-10H2,1-3H3. The number of rotatable bonds is 7. The first kappa shape index (κ1) is 16.9. The van der Waals surface area contributed by atoms with Crippen molar-refractivity contribution in [1.82, 2.24) is 20.4 Å². The van der Waals surface area contributed by atoms with Crippen molar-refractivity contribution in [3.63, 3.8) is 0 Å². The zero-order chi connectivity index (χ0) is 15.9. The van der Waals surface area contributed by atoms with Gasteiger partial charge >= 0.3 is 0 Å². The van der Waals surface area contributed by atoms with E-state index in [0.717, 1.165) is 19.5 Å². The van der Waals surface area contributed by atoms with E-state index in [4.69, 9.17) is 9.26 Å². The van der Waals surface area contributed by atoms with Crippen molar-refractivity contribution in [2.45, 2.75) is 45.3 Å². The van der Waals surface area contributed by atoms with Gasteiger partial charge in [-0.1, -0.05) is 5.16 Å². The Kier molecular flexibility index (Phi) is 6.33. The second-order valence-corrected chi connectivity index (χ2v) is 5.91. The lowest BCUT2D eigenvalue weighted by Crippen LogP contribution is -2.30. The molecule has 1 amide bonds. The predicted octanol–water partition coefficient (Wildman–Crippen LogP) is 1.52. The van der Waals surface area contributed by atoms with Crippen molar-refractivity contribution in [1.29, 1.82) is 0 Å². The third kappa shape index (κ3) is 4.78. The SMILES string of the molecule is COC(C)c1noc(CN(C)C(=O)CCC2CCNCC2)n1. The van der Waals surface area contributed by atoms with Crippen molar-refractivity contribution in [3.8, 4) is 0 Å². The lowest BCUT2D eigenvalue weighted by Gasteiger charge is -2.23. The van der Waals surface area contributed by atoms with E-state index in [1.54, 1.807) is 19.1 Å². The molecule has 2 heterocycles. The second-order valence-electron chi connectivity index (χ2n) is 5.91. The second kappa shape index (κ2) is 8.24. The van der Waals surface area contributed by atoms with Crippen LogP contribution in [-0.2, 0) is 16.1 Å². The van der Waals surface area contributed by atoms with E-state index in [-0.39, 0.29) is 12.0 Å². The van der Waals surface area contributed by atoms with Gasteiger partial charge in [-0.25, -0.2) is 0 Å². The van der Waals surface area contributed by atoms with Crippen LogP contribution in [-0.4, -0.2) is 48.2 Å². The topological polar surface area (TPSA) is 80.5 Å². The molecule has 1 unspecified atom stereocenters. The summed E-state index contributed by atoms with van der Waals surface area (Å²) in [6.45, 7) is 4.32. The number of nitrogens with one attached hydrogen (secondary N) is 1. The fourth-order valence-corrected chi connectivity index (χ4v) is 2.58. The molecule has 7 heteroatoms. The quantitative estimate of drug-likeness (QED) is 0.822. The number of ether oxygens (including phenoxy) is 1. The summed E-state index contributed by atoms with van der Waals surface area (Å²) in [7, 11) is 3.37. The van der Waals surface area contributed by atoms with Crippen molar-refractivity contribution in [2.24, 2.45) is 5.92 Å². The number of hydrogen-bond donors (Lipinski definition) is 1. The molecular weight excluding hydrogens is 284 g/mol. The predicted molar refractivity (Wildman–Crippen MR) is 81.0 cm³/mol. The van der Waals surface area contributed by atoms with Gasteiger partial charge in [0.05, 0.1) is 6.54 Å². The third-order valence-electron chi connectivity index (χ3n) is 4.22. The minimum atomic E-state index is -0.210. The molecule has 0 aromatic carbocycles. The summed E-state index contributed by atoms with van der Waals surface area (Å²) in [5.74, 6) is 1.74. The molecule has 7 nitrogen and oxygen atoms in total. The van der Waals surface area contributed by atoms with Crippen LogP contribution in [0.5, 0.6) is 0 Å². The summed E-state index contributed by atoms with van der Waals surface area (Å²) in [5, 5.41) is 7.20. The van der Waals surface area contributed by atoms with Gasteiger partial charge in [-0.3, -0.25) is 4.79 Å². The molecule has 1 atom stereocenters. The van der Waals surface area contributed by atoms with Crippen LogP contribution in [0.4, 0.5) is 0 Å². The Bertz CT molecular complexity index is 471. The zero-order valence-electron chi connectivity index (χ0n) is 13.7. The monoisotopic (exact) mass is 310 g/mol. The Balaban J connectivity index is 1.76. The maximum Gasteiger partial charge on any atom is 0.246 e. The molecule has 0 bridgehead atoms. The minimum absolute atomic E-state index is 0.123. The van der Waals surface area contributed by atoms with Gasteiger partial charge in [0.1, 0.15) is 6.10 Å². The molecule has 1 aromatic heterocycles. The van der Waals surface area contributed by atoms with Crippen molar-refractivity contribution in [3.05, 3.63) is 11.7 Å². The van der Waals surface area contributed by atoms with E-state index in [2.05, 4.69) is 15.5 Å². The molecule has 1 fully saturated rings. The van der Waals surface area contributed by atoms with Crippen molar-refractivity contribution < 1.29 is 14.1 Å². The average Bonchev–Trinajstić information content (AvgIpc) is 3.01. The summed E-state index contributed by atoms with van der Waals surface area (Å²) >= 11 is 0. The summed E-state index contributed by atoms with van der Waals surface area (Å²) in [6, 6.07) is 0. The molecule has 1 aromatic rings. The van der Waals surface area contributed by atoms with Crippen LogP contribution in [0.3, 0.4) is 0 Å². The van der Waals surface area contributed by atoms with Crippen LogP contribution in [0.1, 0.15) is 50.4 Å². The summed E-state index contributed by atoms with van der Waals surface area (Å²) in [6.07, 6.45) is 3.66. The fraction of sp³-hybridized carbons (Fsp3) is 0.800. The Morgan fingerprint density at radius 2 is 2.23 bits per heavy atom. The maximum absolute atomic E-state index is 12.2. The highest BCUT2D eigenvalue weighted by molar-refractivity contribution is 5.75. The van der Waals surface area contributed by atoms with Gasteiger partial charge in [-0.05, 0) is 45.2 Å². The molecule has 124 valence electrons. The highest BCUT2D eigenvalue weighted by atomic mass is 16.5. The third-order valence-corrected chi connectivity index (χ3v) is 4.22. The zero-order valence-corrected chi connectivity index (χ0v) is 13.7. The van der Waals surface area contributed by atoms with Gasteiger partial charge in [0.25, 0.3) is 0 Å². The molecule has 1 aliphatic heterocycles. The Morgan fingerprint density at radius 1 is 1.50 bits per heavy atom. The van der Waals surface area contributed by atoms with Gasteiger partial charge < -0.3 is 19.5 Å². The molecule has 0 spiro atoms. The summed E-state index contributed by atoms with van der Waals surface area (Å²) < 4.78 is 10.3. The van der Waals surface area contributed by atoms with Gasteiger partial charge in [0.15, 0.2) is 5.82 Å². The van der Waals surface area contributed by atoms with Crippen LogP contribution in [0.25, 0.3) is 0 Å². The fourth-order valence-electron chi connectivity index (χ4n) is 2.58. The van der Waals surface area contributed by atoms with Crippen LogP contribution >= 0.6 is 0 Å². The van der Waals surface area contributed by atoms with E-state index in [1.807, 2.05) is 6.92 Å². The lowest BCUT2D eigenvalue weighted by atomic mass is 9.93. The van der Waals surface area contributed by atoms with E-state index in [9.17, 15) is 4.79 Å². The maximum atomic E-state index is 12.2. The van der Waals surface area contributed by atoms with Crippen LogP contribution < -0.4 is 5.32 Å². The lowest BCUT2D eigenvalue weighted by molar-refractivity contribution is -0.131. The van der Waals surface area contributed by atoms with Crippen molar-refractivity contribution >= 4 is 5.91 Å². The molecule has 1 saturated heterocycles. The van der Waals surface area contributed by atoms with Crippen LogP contribution in [0, 0.1) is 5.92 Å². The van der Waals surface area contributed by atoms with Gasteiger partial charge in [-0.15, -0.1) is 0 Å². The largest absolute Gasteiger partial charge is 0.374 e. The molecule has 0 saturated carbocycles. The highest BCUT2D eigenvalue weighted by Gasteiger charge is 2.19. The number of carbonyl (C=O) groups excluding carboxylic acids is 1.